The Morgan fingerprint density at radius 2 is 1.71 bits per heavy atom. The van der Waals surface area contributed by atoms with Gasteiger partial charge in [-0.1, -0.05) is 62.1 Å². The summed E-state index contributed by atoms with van der Waals surface area (Å²) in [6, 6.07) is 14.9. The molecule has 2 fully saturated rings. The smallest absolute Gasteiger partial charge is 0.325 e. The predicted octanol–water partition coefficient (Wildman–Crippen LogP) is 3.88. The zero-order valence-electron chi connectivity index (χ0n) is 20.4. The molecule has 1 aliphatic heterocycles. The van der Waals surface area contributed by atoms with Gasteiger partial charge in [0.1, 0.15) is 18.7 Å². The highest BCUT2D eigenvalue weighted by molar-refractivity contribution is 6.09. The van der Waals surface area contributed by atoms with Crippen LogP contribution >= 0.6 is 0 Å². The Hall–Kier alpha value is -3.55. The molecular formula is C27H33N3O5. The second kappa shape index (κ2) is 10.8. The molecule has 4 rings (SSSR count). The topological polar surface area (TPSA) is 88.2 Å². The Morgan fingerprint density at radius 3 is 2.40 bits per heavy atom. The highest BCUT2D eigenvalue weighted by Crippen LogP contribution is 2.33. The number of nitrogens with zero attached hydrogens (tertiary/aromatic N) is 2. The van der Waals surface area contributed by atoms with Crippen molar-refractivity contribution in [3.05, 3.63) is 59.7 Å². The number of hydrogen-bond acceptors (Lipinski definition) is 5. The first-order valence-electron chi connectivity index (χ1n) is 12.1. The van der Waals surface area contributed by atoms with E-state index in [-0.39, 0.29) is 18.4 Å². The van der Waals surface area contributed by atoms with Gasteiger partial charge >= 0.3 is 6.03 Å². The molecule has 8 nitrogen and oxygen atoms in total. The summed E-state index contributed by atoms with van der Waals surface area (Å²) in [7, 11) is 3.23. The van der Waals surface area contributed by atoms with E-state index in [0.717, 1.165) is 41.7 Å². The van der Waals surface area contributed by atoms with Crippen molar-refractivity contribution in [2.75, 3.05) is 20.7 Å². The molecule has 2 aromatic rings. The van der Waals surface area contributed by atoms with E-state index in [4.69, 9.17) is 9.47 Å². The number of urea groups is 1. The van der Waals surface area contributed by atoms with E-state index in [0.29, 0.717) is 37.5 Å². The maximum atomic E-state index is 13.1. The van der Waals surface area contributed by atoms with E-state index in [1.807, 2.05) is 48.5 Å². The van der Waals surface area contributed by atoms with Crippen LogP contribution < -0.4 is 14.8 Å². The Bertz CT molecular complexity index is 1060. The number of ether oxygens (including phenoxy) is 2. The molecule has 186 valence electrons. The van der Waals surface area contributed by atoms with Gasteiger partial charge in [-0.2, -0.15) is 0 Å². The number of carbonyl (C=O) groups is 3. The molecule has 0 bridgehead atoms. The molecule has 0 unspecified atom stereocenters. The number of methoxy groups -OCH3 is 1. The van der Waals surface area contributed by atoms with Gasteiger partial charge < -0.3 is 19.7 Å². The fourth-order valence-electron chi connectivity index (χ4n) is 4.77. The van der Waals surface area contributed by atoms with Gasteiger partial charge in [0, 0.05) is 13.6 Å². The fourth-order valence-corrected chi connectivity index (χ4v) is 4.77. The summed E-state index contributed by atoms with van der Waals surface area (Å²) in [6.07, 6.45) is 5.20. The molecule has 1 spiro atoms. The standard InChI is InChI=1S/C27H33N3O5/c1-29(24(31)18-30-25(32)27(28-26(30)33)14-8-3-4-9-15-27)17-21-12-13-22(23(16-21)34-2)35-19-20-10-6-5-7-11-20/h5-7,10-13,16H,3-4,8-9,14-15,17-19H2,1-2H3,(H,28,33). The van der Waals surface area contributed by atoms with Crippen molar-refractivity contribution in [1.29, 1.82) is 0 Å². The molecule has 1 saturated heterocycles. The van der Waals surface area contributed by atoms with Crippen LogP contribution in [-0.4, -0.2) is 53.9 Å². The minimum Gasteiger partial charge on any atom is -0.493 e. The van der Waals surface area contributed by atoms with Gasteiger partial charge in [0.05, 0.1) is 7.11 Å². The van der Waals surface area contributed by atoms with Crippen molar-refractivity contribution in [2.45, 2.75) is 57.2 Å². The van der Waals surface area contributed by atoms with Crippen molar-refractivity contribution >= 4 is 17.8 Å². The number of likely N-dealkylation sites (N-methyl/N-ethyl adjacent to an activating group) is 1. The van der Waals surface area contributed by atoms with Gasteiger partial charge in [-0.15, -0.1) is 0 Å². The van der Waals surface area contributed by atoms with E-state index in [2.05, 4.69) is 5.32 Å². The van der Waals surface area contributed by atoms with Crippen LogP contribution in [0.5, 0.6) is 11.5 Å². The van der Waals surface area contributed by atoms with Crippen molar-refractivity contribution in [1.82, 2.24) is 15.1 Å². The van der Waals surface area contributed by atoms with Crippen LogP contribution in [0.15, 0.2) is 48.5 Å². The summed E-state index contributed by atoms with van der Waals surface area (Å²) in [5.74, 6) is 0.612. The molecule has 8 heteroatoms. The van der Waals surface area contributed by atoms with Crippen LogP contribution in [-0.2, 0) is 22.7 Å². The van der Waals surface area contributed by atoms with E-state index in [9.17, 15) is 14.4 Å². The maximum absolute atomic E-state index is 13.1. The van der Waals surface area contributed by atoms with Crippen molar-refractivity contribution in [2.24, 2.45) is 0 Å². The minimum atomic E-state index is -0.838. The molecule has 0 radical (unpaired) electrons. The predicted molar refractivity (Wildman–Crippen MR) is 131 cm³/mol. The number of amides is 4. The van der Waals surface area contributed by atoms with Crippen molar-refractivity contribution in [3.8, 4) is 11.5 Å². The van der Waals surface area contributed by atoms with Crippen LogP contribution in [0.1, 0.15) is 49.7 Å². The number of rotatable bonds is 8. The van der Waals surface area contributed by atoms with Crippen LogP contribution in [0.4, 0.5) is 4.79 Å². The van der Waals surface area contributed by atoms with Gasteiger partial charge in [0.25, 0.3) is 5.91 Å². The first kappa shape index (κ1) is 24.6. The summed E-state index contributed by atoms with van der Waals surface area (Å²) < 4.78 is 11.4. The molecule has 1 heterocycles. The van der Waals surface area contributed by atoms with E-state index in [1.165, 1.54) is 4.90 Å². The highest BCUT2D eigenvalue weighted by Gasteiger charge is 2.51. The van der Waals surface area contributed by atoms with Gasteiger partial charge in [0.2, 0.25) is 5.91 Å². The van der Waals surface area contributed by atoms with E-state index in [1.54, 1.807) is 14.2 Å². The third-order valence-electron chi connectivity index (χ3n) is 6.81. The molecule has 1 aliphatic carbocycles. The first-order chi connectivity index (χ1) is 16.9. The second-order valence-electron chi connectivity index (χ2n) is 9.33. The molecule has 4 amide bonds. The Labute approximate surface area is 206 Å². The number of hydrogen-bond donors (Lipinski definition) is 1. The van der Waals surface area contributed by atoms with E-state index >= 15 is 0 Å². The molecule has 35 heavy (non-hydrogen) atoms. The lowest BCUT2D eigenvalue weighted by Crippen LogP contribution is -2.47. The summed E-state index contributed by atoms with van der Waals surface area (Å²) in [6.45, 7) is 0.462. The molecular weight excluding hydrogens is 446 g/mol. The van der Waals surface area contributed by atoms with Crippen LogP contribution in [0.2, 0.25) is 0 Å². The van der Waals surface area contributed by atoms with Crippen LogP contribution in [0, 0.1) is 0 Å². The first-order valence-corrected chi connectivity index (χ1v) is 12.1. The average molecular weight is 480 g/mol. The number of imide groups is 1. The van der Waals surface area contributed by atoms with Crippen LogP contribution in [0.3, 0.4) is 0 Å². The number of nitrogens with one attached hydrogen (secondary N) is 1. The largest absolute Gasteiger partial charge is 0.493 e. The van der Waals surface area contributed by atoms with Gasteiger partial charge in [-0.3, -0.25) is 14.5 Å². The third-order valence-corrected chi connectivity index (χ3v) is 6.81. The Balaban J connectivity index is 1.36. The molecule has 2 aliphatic rings. The summed E-state index contributed by atoms with van der Waals surface area (Å²) in [5, 5.41) is 2.88. The molecule has 2 aromatic carbocycles. The SMILES string of the molecule is COc1cc(CN(C)C(=O)CN2C(=O)NC3(CCCCCC3)C2=O)ccc1OCc1ccccc1. The maximum Gasteiger partial charge on any atom is 0.325 e. The van der Waals surface area contributed by atoms with Gasteiger partial charge in [-0.25, -0.2) is 4.79 Å². The fraction of sp³-hybridized carbons (Fsp3) is 0.444. The lowest BCUT2D eigenvalue weighted by molar-refractivity contribution is -0.138. The molecule has 1 N–H and O–H groups in total. The summed E-state index contributed by atoms with van der Waals surface area (Å²) in [5.41, 5.74) is 1.06. The monoisotopic (exact) mass is 479 g/mol. The number of carbonyl (C=O) groups excluding carboxylic acids is 3. The third kappa shape index (κ3) is 5.58. The van der Waals surface area contributed by atoms with E-state index < -0.39 is 11.6 Å². The van der Waals surface area contributed by atoms with Gasteiger partial charge in [-0.05, 0) is 36.1 Å². The minimum absolute atomic E-state index is 0.266. The van der Waals surface area contributed by atoms with Crippen molar-refractivity contribution < 1.29 is 23.9 Å². The Morgan fingerprint density at radius 1 is 1.00 bits per heavy atom. The van der Waals surface area contributed by atoms with Gasteiger partial charge in [0.15, 0.2) is 11.5 Å². The summed E-state index contributed by atoms with van der Waals surface area (Å²) >= 11 is 0. The molecule has 0 atom stereocenters. The van der Waals surface area contributed by atoms with Crippen molar-refractivity contribution in [3.63, 3.8) is 0 Å². The highest BCUT2D eigenvalue weighted by atomic mass is 16.5. The zero-order valence-corrected chi connectivity index (χ0v) is 20.4. The zero-order chi connectivity index (χ0) is 24.8. The molecule has 0 aromatic heterocycles. The molecule has 1 saturated carbocycles. The van der Waals surface area contributed by atoms with Crippen LogP contribution in [0.25, 0.3) is 0 Å². The number of benzene rings is 2. The quantitative estimate of drug-likeness (QED) is 0.581. The normalized spacial score (nSPS) is 17.1. The average Bonchev–Trinajstić information content (AvgIpc) is 3.02. The second-order valence-corrected chi connectivity index (χ2v) is 9.33. The Kier molecular flexibility index (Phi) is 7.58. The lowest BCUT2D eigenvalue weighted by Gasteiger charge is -2.25. The lowest BCUT2D eigenvalue weighted by atomic mass is 9.90. The summed E-state index contributed by atoms with van der Waals surface area (Å²) in [4.78, 5) is 41.1.